The number of carbonyl (C=O) groups is 1. The Morgan fingerprint density at radius 2 is 1.94 bits per heavy atom. The molecule has 0 aromatic rings. The maximum absolute atomic E-state index is 12.0. The molecule has 0 unspecified atom stereocenters. The van der Waals surface area contributed by atoms with Gasteiger partial charge < -0.3 is 5.11 Å². The topological polar surface area (TPSA) is 86.7 Å². The van der Waals surface area contributed by atoms with Gasteiger partial charge in [0.1, 0.15) is 0 Å². The van der Waals surface area contributed by atoms with Crippen molar-refractivity contribution in [3.63, 3.8) is 0 Å². The van der Waals surface area contributed by atoms with Crippen molar-refractivity contribution in [3.8, 4) is 0 Å². The molecular weight excluding hydrogens is 256 g/mol. The lowest BCUT2D eigenvalue weighted by Crippen LogP contribution is -2.50. The Kier molecular flexibility index (Phi) is 3.66. The molecule has 1 aliphatic carbocycles. The number of nitrogens with one attached hydrogen (secondary N) is 1. The molecule has 6 nitrogen and oxygen atoms in total. The van der Waals surface area contributed by atoms with Crippen LogP contribution in [-0.4, -0.2) is 42.9 Å². The molecular formula is C11H20N2O4S. The molecule has 0 atom stereocenters. The predicted octanol–water partition coefficient (Wildman–Crippen LogP) is 0.560. The van der Waals surface area contributed by atoms with Crippen molar-refractivity contribution in [1.82, 2.24) is 9.03 Å². The van der Waals surface area contributed by atoms with Gasteiger partial charge in [0.05, 0.1) is 5.41 Å². The van der Waals surface area contributed by atoms with Crippen LogP contribution < -0.4 is 4.72 Å². The molecule has 7 heteroatoms. The Hall–Kier alpha value is -0.660. The summed E-state index contributed by atoms with van der Waals surface area (Å²) in [4.78, 5) is 11.3. The van der Waals surface area contributed by atoms with Gasteiger partial charge in [-0.1, -0.05) is 6.92 Å². The highest BCUT2D eigenvalue weighted by molar-refractivity contribution is 7.87. The van der Waals surface area contributed by atoms with Crippen LogP contribution in [0.1, 0.15) is 39.0 Å². The van der Waals surface area contributed by atoms with E-state index in [-0.39, 0.29) is 6.04 Å². The molecule has 2 aliphatic rings. The summed E-state index contributed by atoms with van der Waals surface area (Å²) >= 11 is 0. The average molecular weight is 276 g/mol. The van der Waals surface area contributed by atoms with Gasteiger partial charge in [-0.05, 0) is 32.1 Å². The fourth-order valence-corrected chi connectivity index (χ4v) is 3.83. The lowest BCUT2D eigenvalue weighted by Gasteiger charge is -2.37. The van der Waals surface area contributed by atoms with Crippen LogP contribution in [0, 0.1) is 5.41 Å². The van der Waals surface area contributed by atoms with E-state index in [1.54, 1.807) is 0 Å². The van der Waals surface area contributed by atoms with Gasteiger partial charge in [0.25, 0.3) is 10.2 Å². The summed E-state index contributed by atoms with van der Waals surface area (Å²) < 4.78 is 27.9. The van der Waals surface area contributed by atoms with Crippen LogP contribution >= 0.6 is 0 Å². The van der Waals surface area contributed by atoms with Gasteiger partial charge in [0, 0.05) is 19.1 Å². The lowest BCUT2D eigenvalue weighted by atomic mass is 9.77. The molecule has 104 valence electrons. The smallest absolute Gasteiger partial charge is 0.309 e. The summed E-state index contributed by atoms with van der Waals surface area (Å²) in [6.45, 7) is 2.44. The zero-order chi connectivity index (χ0) is 13.4. The second kappa shape index (κ2) is 4.79. The van der Waals surface area contributed by atoms with Crippen molar-refractivity contribution < 1.29 is 18.3 Å². The van der Waals surface area contributed by atoms with Crippen LogP contribution in [-0.2, 0) is 15.0 Å². The van der Waals surface area contributed by atoms with E-state index in [0.717, 1.165) is 12.8 Å². The molecule has 0 amide bonds. The molecule has 18 heavy (non-hydrogen) atoms. The maximum atomic E-state index is 12.0. The molecule has 2 fully saturated rings. The fourth-order valence-electron chi connectivity index (χ4n) is 2.36. The molecule has 1 saturated heterocycles. The molecule has 1 heterocycles. The fraction of sp³-hybridized carbons (Fsp3) is 0.909. The number of piperidine rings is 1. The Morgan fingerprint density at radius 3 is 2.33 bits per heavy atom. The van der Waals surface area contributed by atoms with Gasteiger partial charge in [-0.15, -0.1) is 0 Å². The third-order valence-corrected chi connectivity index (χ3v) is 5.72. The van der Waals surface area contributed by atoms with E-state index in [0.29, 0.717) is 32.4 Å². The van der Waals surface area contributed by atoms with Crippen molar-refractivity contribution in [1.29, 1.82) is 0 Å². The molecule has 0 aromatic heterocycles. The number of hydrogen-bond acceptors (Lipinski definition) is 3. The molecule has 0 bridgehead atoms. The van der Waals surface area contributed by atoms with E-state index in [1.165, 1.54) is 4.31 Å². The van der Waals surface area contributed by atoms with E-state index >= 15 is 0 Å². The normalized spacial score (nSPS) is 24.9. The number of hydrogen-bond donors (Lipinski definition) is 2. The summed E-state index contributed by atoms with van der Waals surface area (Å²) in [5.41, 5.74) is -0.744. The second-order valence-electron chi connectivity index (χ2n) is 5.24. The molecule has 2 N–H and O–H groups in total. The summed E-state index contributed by atoms with van der Waals surface area (Å²) in [5.74, 6) is -0.808. The lowest BCUT2D eigenvalue weighted by molar-refractivity contribution is -0.151. The van der Waals surface area contributed by atoms with Crippen molar-refractivity contribution in [2.75, 3.05) is 13.1 Å². The van der Waals surface area contributed by atoms with E-state index < -0.39 is 21.6 Å². The highest BCUT2D eigenvalue weighted by Gasteiger charge is 2.43. The minimum absolute atomic E-state index is 0.0901. The zero-order valence-electron chi connectivity index (χ0n) is 10.6. The van der Waals surface area contributed by atoms with Gasteiger partial charge in [-0.3, -0.25) is 4.79 Å². The van der Waals surface area contributed by atoms with E-state index in [9.17, 15) is 18.3 Å². The third-order valence-electron chi connectivity index (χ3n) is 4.04. The second-order valence-corrected chi connectivity index (χ2v) is 6.94. The Balaban J connectivity index is 1.99. The van der Waals surface area contributed by atoms with Crippen LogP contribution in [0.4, 0.5) is 0 Å². The monoisotopic (exact) mass is 276 g/mol. The SMILES string of the molecule is CCC1(C(=O)O)CCN(S(=O)(=O)NC2CC2)CC1. The van der Waals surface area contributed by atoms with Crippen molar-refractivity contribution >= 4 is 16.2 Å². The first-order valence-corrected chi connectivity index (χ1v) is 7.84. The van der Waals surface area contributed by atoms with Crippen LogP contribution in [0.3, 0.4) is 0 Å². The van der Waals surface area contributed by atoms with Crippen LogP contribution in [0.5, 0.6) is 0 Å². The van der Waals surface area contributed by atoms with Gasteiger partial charge >= 0.3 is 5.97 Å². The number of aliphatic carboxylic acids is 1. The number of nitrogens with zero attached hydrogens (tertiary/aromatic N) is 1. The van der Waals surface area contributed by atoms with Crippen molar-refractivity contribution in [2.24, 2.45) is 5.41 Å². The van der Waals surface area contributed by atoms with Gasteiger partial charge in [0.15, 0.2) is 0 Å². The highest BCUT2D eigenvalue weighted by atomic mass is 32.2. The Morgan fingerprint density at radius 1 is 1.39 bits per heavy atom. The van der Waals surface area contributed by atoms with Crippen LogP contribution in [0.15, 0.2) is 0 Å². The van der Waals surface area contributed by atoms with Gasteiger partial charge in [-0.25, -0.2) is 0 Å². The average Bonchev–Trinajstić information content (AvgIpc) is 3.12. The number of rotatable bonds is 5. The Bertz CT molecular complexity index is 422. The molecule has 1 saturated carbocycles. The third kappa shape index (κ3) is 2.67. The molecule has 0 aromatic carbocycles. The van der Waals surface area contributed by atoms with E-state index in [4.69, 9.17) is 0 Å². The summed E-state index contributed by atoms with van der Waals surface area (Å²) in [5, 5.41) is 9.25. The predicted molar refractivity (Wildman–Crippen MR) is 66.2 cm³/mol. The number of carboxylic acids is 1. The Labute approximate surface area is 108 Å². The largest absolute Gasteiger partial charge is 0.481 e. The maximum Gasteiger partial charge on any atom is 0.309 e. The van der Waals surface area contributed by atoms with E-state index in [1.807, 2.05) is 6.92 Å². The van der Waals surface area contributed by atoms with Crippen molar-refractivity contribution in [2.45, 2.75) is 45.1 Å². The molecule has 2 rings (SSSR count). The van der Waals surface area contributed by atoms with Crippen LogP contribution in [0.2, 0.25) is 0 Å². The summed E-state index contributed by atoms with van der Waals surface area (Å²) in [7, 11) is -3.41. The minimum atomic E-state index is -3.41. The molecule has 0 radical (unpaired) electrons. The summed E-state index contributed by atoms with van der Waals surface area (Å²) in [6.07, 6.45) is 3.14. The van der Waals surface area contributed by atoms with Crippen LogP contribution in [0.25, 0.3) is 0 Å². The molecule has 1 aliphatic heterocycles. The van der Waals surface area contributed by atoms with Crippen molar-refractivity contribution in [3.05, 3.63) is 0 Å². The van der Waals surface area contributed by atoms with E-state index in [2.05, 4.69) is 4.72 Å². The quantitative estimate of drug-likeness (QED) is 0.768. The standard InChI is InChI=1S/C11H20N2O4S/c1-2-11(10(14)15)5-7-13(8-6-11)18(16,17)12-9-3-4-9/h9,12H,2-8H2,1H3,(H,14,15). The first-order valence-electron chi connectivity index (χ1n) is 6.40. The molecule has 0 spiro atoms. The number of carboxylic acid groups (broad SMARTS) is 1. The highest BCUT2D eigenvalue weighted by Crippen LogP contribution is 2.36. The van der Waals surface area contributed by atoms with Gasteiger partial charge in [-0.2, -0.15) is 17.4 Å². The minimum Gasteiger partial charge on any atom is -0.481 e. The first kappa shape index (κ1) is 13.8. The van der Waals surface area contributed by atoms with Gasteiger partial charge in [0.2, 0.25) is 0 Å². The zero-order valence-corrected chi connectivity index (χ0v) is 11.4. The first-order chi connectivity index (χ1) is 8.39. The summed E-state index contributed by atoms with van der Waals surface area (Å²) in [6, 6.07) is 0.0901.